The third-order valence-corrected chi connectivity index (χ3v) is 4.32. The number of nitrogens with zero attached hydrogens (tertiary/aromatic N) is 1. The minimum absolute atomic E-state index is 0.697. The van der Waals surface area contributed by atoms with E-state index >= 15 is 0 Å². The molecule has 0 amide bonds. The molecule has 0 saturated carbocycles. The Morgan fingerprint density at radius 2 is 2.00 bits per heavy atom. The van der Waals surface area contributed by atoms with Crippen LogP contribution < -0.4 is 10.1 Å². The van der Waals surface area contributed by atoms with Crippen LogP contribution in [0.5, 0.6) is 5.75 Å². The molecule has 0 saturated heterocycles. The summed E-state index contributed by atoms with van der Waals surface area (Å²) in [6.45, 7) is 7.84. The van der Waals surface area contributed by atoms with Gasteiger partial charge in [0, 0.05) is 17.2 Å². The molecule has 3 nitrogen and oxygen atoms in total. The molecule has 1 heterocycles. The lowest BCUT2D eigenvalue weighted by Gasteiger charge is -2.15. The normalized spacial score (nSPS) is 10.5. The van der Waals surface area contributed by atoms with Gasteiger partial charge in [-0.3, -0.25) is 0 Å². The van der Waals surface area contributed by atoms with Crippen molar-refractivity contribution >= 4 is 21.7 Å². The third kappa shape index (κ3) is 4.21. The molecular weight excluding hydrogens is 328 g/mol. The van der Waals surface area contributed by atoms with Crippen LogP contribution in [0.4, 0.5) is 5.82 Å². The Labute approximate surface area is 134 Å². The van der Waals surface area contributed by atoms with Crippen molar-refractivity contribution in [1.29, 1.82) is 0 Å². The van der Waals surface area contributed by atoms with E-state index in [2.05, 4.69) is 53.1 Å². The molecule has 0 atom stereocenters. The maximum Gasteiger partial charge on any atom is 0.125 e. The number of benzene rings is 1. The number of aryl methyl sites for hydroxylation is 1. The Kier molecular flexibility index (Phi) is 5.62. The Morgan fingerprint density at radius 1 is 1.19 bits per heavy atom. The summed E-state index contributed by atoms with van der Waals surface area (Å²) in [5.41, 5.74) is 3.62. The van der Waals surface area contributed by atoms with E-state index in [0.29, 0.717) is 6.61 Å². The summed E-state index contributed by atoms with van der Waals surface area (Å²) in [6, 6.07) is 7.97. The van der Waals surface area contributed by atoms with Crippen molar-refractivity contribution in [3.63, 3.8) is 0 Å². The molecule has 4 heteroatoms. The zero-order valence-electron chi connectivity index (χ0n) is 12.7. The van der Waals surface area contributed by atoms with Crippen molar-refractivity contribution in [2.24, 2.45) is 0 Å². The van der Waals surface area contributed by atoms with Gasteiger partial charge in [0.2, 0.25) is 0 Å². The second kappa shape index (κ2) is 7.46. The summed E-state index contributed by atoms with van der Waals surface area (Å²) in [6.07, 6.45) is 2.72. The van der Waals surface area contributed by atoms with Crippen LogP contribution in [0.2, 0.25) is 0 Å². The highest BCUT2D eigenvalue weighted by atomic mass is 79.9. The number of nitrogens with one attached hydrogen (secondary N) is 1. The molecule has 1 N–H and O–H groups in total. The molecule has 0 radical (unpaired) electrons. The van der Waals surface area contributed by atoms with Crippen molar-refractivity contribution in [3.8, 4) is 5.75 Å². The highest BCUT2D eigenvalue weighted by Crippen LogP contribution is 2.31. The molecule has 1 aromatic heterocycles. The Balaban J connectivity index is 1.83. The summed E-state index contributed by atoms with van der Waals surface area (Å²) in [5.74, 6) is 1.91. The average Bonchev–Trinajstić information content (AvgIpc) is 2.49. The van der Waals surface area contributed by atoms with E-state index in [1.54, 1.807) is 6.20 Å². The van der Waals surface area contributed by atoms with Gasteiger partial charge in [0.15, 0.2) is 0 Å². The smallest absolute Gasteiger partial charge is 0.125 e. The highest BCUT2D eigenvalue weighted by Gasteiger charge is 2.09. The van der Waals surface area contributed by atoms with E-state index in [-0.39, 0.29) is 0 Å². The Morgan fingerprint density at radius 3 is 2.71 bits per heavy atom. The Bertz CT molecular complexity index is 599. The molecular formula is C17H21BrN2O. The van der Waals surface area contributed by atoms with Crippen LogP contribution in [-0.2, 0) is 0 Å². The molecule has 0 fully saturated rings. The fraction of sp³-hybridized carbons (Fsp3) is 0.353. The summed E-state index contributed by atoms with van der Waals surface area (Å²) < 4.78 is 7.10. The van der Waals surface area contributed by atoms with E-state index < -0.39 is 0 Å². The van der Waals surface area contributed by atoms with Crippen molar-refractivity contribution in [3.05, 3.63) is 51.6 Å². The van der Waals surface area contributed by atoms with Gasteiger partial charge in [-0.25, -0.2) is 4.98 Å². The lowest BCUT2D eigenvalue weighted by Crippen LogP contribution is -2.09. The summed E-state index contributed by atoms with van der Waals surface area (Å²) in [4.78, 5) is 4.23. The highest BCUT2D eigenvalue weighted by molar-refractivity contribution is 9.10. The second-order valence-electron chi connectivity index (χ2n) is 5.10. The summed E-state index contributed by atoms with van der Waals surface area (Å²) >= 11 is 3.58. The maximum atomic E-state index is 5.96. The summed E-state index contributed by atoms with van der Waals surface area (Å²) in [5, 5.41) is 3.28. The molecule has 0 aliphatic rings. The first-order chi connectivity index (χ1) is 10.1. The van der Waals surface area contributed by atoms with Crippen LogP contribution in [0.3, 0.4) is 0 Å². The second-order valence-corrected chi connectivity index (χ2v) is 5.95. The molecule has 0 unspecified atom stereocenters. The first-order valence-corrected chi connectivity index (χ1v) is 7.93. The van der Waals surface area contributed by atoms with Crippen LogP contribution in [0.15, 0.2) is 34.9 Å². The number of hydrogen-bond acceptors (Lipinski definition) is 3. The largest absolute Gasteiger partial charge is 0.493 e. The minimum atomic E-state index is 0.697. The number of rotatable bonds is 6. The average molecular weight is 349 g/mol. The van der Waals surface area contributed by atoms with Gasteiger partial charge in [-0.1, -0.05) is 22.0 Å². The lowest BCUT2D eigenvalue weighted by atomic mass is 10.1. The van der Waals surface area contributed by atoms with E-state index in [0.717, 1.165) is 29.0 Å². The van der Waals surface area contributed by atoms with E-state index in [4.69, 9.17) is 4.74 Å². The van der Waals surface area contributed by atoms with E-state index in [9.17, 15) is 0 Å². The van der Waals surface area contributed by atoms with Gasteiger partial charge in [0.25, 0.3) is 0 Å². The maximum absolute atomic E-state index is 5.96. The van der Waals surface area contributed by atoms with Gasteiger partial charge in [-0.2, -0.15) is 0 Å². The van der Waals surface area contributed by atoms with Crippen molar-refractivity contribution < 1.29 is 4.74 Å². The third-order valence-electron chi connectivity index (χ3n) is 3.50. The number of halogens is 1. The predicted octanol–water partition coefficient (Wildman–Crippen LogP) is 4.65. The number of aromatic nitrogens is 1. The number of anilines is 1. The van der Waals surface area contributed by atoms with E-state index in [1.165, 1.54) is 16.7 Å². The standard InChI is InChI=1S/C17H21BrN2O/c1-12-11-15(18)13(2)14(3)17(12)21-10-6-9-20-16-7-4-5-8-19-16/h4-5,7-8,11H,6,9-10H2,1-3H3,(H,19,20). The molecule has 0 aliphatic carbocycles. The van der Waals surface area contributed by atoms with Crippen molar-refractivity contribution in [2.75, 3.05) is 18.5 Å². The monoisotopic (exact) mass is 348 g/mol. The predicted molar refractivity (Wildman–Crippen MR) is 91.2 cm³/mol. The summed E-state index contributed by atoms with van der Waals surface area (Å²) in [7, 11) is 0. The molecule has 0 bridgehead atoms. The first-order valence-electron chi connectivity index (χ1n) is 7.13. The molecule has 0 aliphatic heterocycles. The van der Waals surface area contributed by atoms with E-state index in [1.807, 2.05) is 18.2 Å². The van der Waals surface area contributed by atoms with Crippen LogP contribution in [0.1, 0.15) is 23.1 Å². The zero-order chi connectivity index (χ0) is 15.2. The topological polar surface area (TPSA) is 34.1 Å². The SMILES string of the molecule is Cc1cc(Br)c(C)c(C)c1OCCCNc1ccccn1. The van der Waals surface area contributed by atoms with Gasteiger partial charge in [-0.05, 0) is 62.1 Å². The van der Waals surface area contributed by atoms with Crippen LogP contribution in [0, 0.1) is 20.8 Å². The lowest BCUT2D eigenvalue weighted by molar-refractivity contribution is 0.310. The number of ether oxygens (including phenoxy) is 1. The van der Waals surface area contributed by atoms with Crippen molar-refractivity contribution in [2.45, 2.75) is 27.2 Å². The van der Waals surface area contributed by atoms with Crippen molar-refractivity contribution in [1.82, 2.24) is 4.98 Å². The molecule has 21 heavy (non-hydrogen) atoms. The van der Waals surface area contributed by atoms with Crippen LogP contribution >= 0.6 is 15.9 Å². The molecule has 0 spiro atoms. The van der Waals surface area contributed by atoms with Crippen LogP contribution in [-0.4, -0.2) is 18.1 Å². The molecule has 2 aromatic rings. The fourth-order valence-corrected chi connectivity index (χ4v) is 2.80. The molecule has 1 aromatic carbocycles. The number of hydrogen-bond donors (Lipinski definition) is 1. The van der Waals surface area contributed by atoms with Crippen LogP contribution in [0.25, 0.3) is 0 Å². The van der Waals surface area contributed by atoms with Gasteiger partial charge >= 0.3 is 0 Å². The minimum Gasteiger partial charge on any atom is -0.493 e. The van der Waals surface area contributed by atoms with Gasteiger partial charge in [-0.15, -0.1) is 0 Å². The van der Waals surface area contributed by atoms with Gasteiger partial charge < -0.3 is 10.1 Å². The van der Waals surface area contributed by atoms with Gasteiger partial charge in [0.05, 0.1) is 6.61 Å². The fourth-order valence-electron chi connectivity index (χ4n) is 2.16. The Hall–Kier alpha value is -1.55. The molecule has 2 rings (SSSR count). The van der Waals surface area contributed by atoms with Gasteiger partial charge in [0.1, 0.15) is 11.6 Å². The zero-order valence-corrected chi connectivity index (χ0v) is 14.3. The first kappa shape index (κ1) is 15.8. The number of pyridine rings is 1. The quantitative estimate of drug-likeness (QED) is 0.771. The molecule has 112 valence electrons.